The van der Waals surface area contributed by atoms with E-state index in [0.29, 0.717) is 23.4 Å². The van der Waals surface area contributed by atoms with Crippen LogP contribution in [0.15, 0.2) is 54.2 Å². The molecule has 0 atom stereocenters. The number of para-hydroxylation sites is 1. The van der Waals surface area contributed by atoms with Gasteiger partial charge >= 0.3 is 0 Å². The third kappa shape index (κ3) is 3.79. The smallest absolute Gasteiger partial charge is 0.278 e. The van der Waals surface area contributed by atoms with E-state index in [1.807, 2.05) is 76.2 Å². The van der Waals surface area contributed by atoms with Gasteiger partial charge in [0.2, 0.25) is 0 Å². The van der Waals surface area contributed by atoms with Gasteiger partial charge in [-0.1, -0.05) is 37.3 Å². The highest BCUT2D eigenvalue weighted by atomic mass is 16.5. The minimum absolute atomic E-state index is 0.224. The van der Waals surface area contributed by atoms with Crippen molar-refractivity contribution in [2.24, 2.45) is 0 Å². The lowest BCUT2D eigenvalue weighted by atomic mass is 10.0. The second-order valence-corrected chi connectivity index (χ2v) is 7.14. The molecule has 2 amide bonds. The van der Waals surface area contributed by atoms with Crippen LogP contribution >= 0.6 is 0 Å². The molecule has 1 aliphatic rings. The highest BCUT2D eigenvalue weighted by molar-refractivity contribution is 6.36. The molecule has 2 aromatic rings. The van der Waals surface area contributed by atoms with Crippen LogP contribution in [0, 0.1) is 6.92 Å². The molecule has 0 spiro atoms. The predicted molar refractivity (Wildman–Crippen MR) is 111 cm³/mol. The van der Waals surface area contributed by atoms with Crippen molar-refractivity contribution in [1.82, 2.24) is 4.90 Å². The third-order valence-corrected chi connectivity index (χ3v) is 4.65. The van der Waals surface area contributed by atoms with E-state index in [4.69, 9.17) is 4.74 Å². The van der Waals surface area contributed by atoms with Gasteiger partial charge in [-0.3, -0.25) is 14.5 Å². The fraction of sp³-hybridized carbons (Fsp3) is 0.304. The SMILES string of the molecule is CCCOc1ccc(C2=C(Nc3ccccc3C)C(=O)N(C(C)C)C2=O)cc1. The molecule has 0 aromatic heterocycles. The van der Waals surface area contributed by atoms with Crippen molar-refractivity contribution >= 4 is 23.1 Å². The number of carbonyl (C=O) groups is 2. The molecule has 0 aliphatic carbocycles. The van der Waals surface area contributed by atoms with Gasteiger partial charge in [0, 0.05) is 11.7 Å². The van der Waals surface area contributed by atoms with Crippen LogP contribution in [0.4, 0.5) is 5.69 Å². The van der Waals surface area contributed by atoms with Gasteiger partial charge in [-0.05, 0) is 56.5 Å². The Balaban J connectivity index is 2.03. The van der Waals surface area contributed by atoms with E-state index in [0.717, 1.165) is 23.4 Å². The molecule has 1 N–H and O–H groups in total. The van der Waals surface area contributed by atoms with Crippen molar-refractivity contribution in [2.45, 2.75) is 40.2 Å². The molecule has 0 saturated carbocycles. The Bertz CT molecular complexity index is 914. The summed E-state index contributed by atoms with van der Waals surface area (Å²) in [7, 11) is 0. The number of imide groups is 1. The van der Waals surface area contributed by atoms with Crippen molar-refractivity contribution in [1.29, 1.82) is 0 Å². The number of nitrogens with one attached hydrogen (secondary N) is 1. The van der Waals surface area contributed by atoms with Crippen LogP contribution in [0.1, 0.15) is 38.3 Å². The summed E-state index contributed by atoms with van der Waals surface area (Å²) in [4.78, 5) is 27.4. The van der Waals surface area contributed by atoms with Crippen LogP contribution in [0.3, 0.4) is 0 Å². The van der Waals surface area contributed by atoms with Gasteiger partial charge in [-0.2, -0.15) is 0 Å². The molecule has 3 rings (SSSR count). The van der Waals surface area contributed by atoms with Gasteiger partial charge in [-0.25, -0.2) is 0 Å². The Morgan fingerprint density at radius 3 is 2.29 bits per heavy atom. The maximum absolute atomic E-state index is 13.1. The lowest BCUT2D eigenvalue weighted by Gasteiger charge is -2.19. The van der Waals surface area contributed by atoms with Crippen molar-refractivity contribution in [3.05, 3.63) is 65.4 Å². The quantitative estimate of drug-likeness (QED) is 0.726. The summed E-state index contributed by atoms with van der Waals surface area (Å²) in [5.74, 6) is 0.167. The summed E-state index contributed by atoms with van der Waals surface area (Å²) in [6.45, 7) is 8.33. The van der Waals surface area contributed by atoms with Crippen molar-refractivity contribution < 1.29 is 14.3 Å². The number of amides is 2. The molecule has 0 bridgehead atoms. The molecule has 1 heterocycles. The first-order valence-corrected chi connectivity index (χ1v) is 9.62. The summed E-state index contributed by atoms with van der Waals surface area (Å²) in [5, 5.41) is 3.21. The van der Waals surface area contributed by atoms with E-state index in [1.165, 1.54) is 4.90 Å². The number of hydrogen-bond donors (Lipinski definition) is 1. The van der Waals surface area contributed by atoms with Crippen LogP contribution in [-0.2, 0) is 9.59 Å². The van der Waals surface area contributed by atoms with Crippen LogP contribution in [0.25, 0.3) is 5.57 Å². The lowest BCUT2D eigenvalue weighted by molar-refractivity contribution is -0.138. The first-order valence-electron chi connectivity index (χ1n) is 9.62. The maximum atomic E-state index is 13.1. The number of carbonyl (C=O) groups excluding carboxylic acids is 2. The molecule has 0 unspecified atom stereocenters. The van der Waals surface area contributed by atoms with E-state index < -0.39 is 0 Å². The van der Waals surface area contributed by atoms with Crippen molar-refractivity contribution in [3.8, 4) is 5.75 Å². The molecule has 146 valence electrons. The lowest BCUT2D eigenvalue weighted by Crippen LogP contribution is -2.38. The van der Waals surface area contributed by atoms with E-state index in [1.54, 1.807) is 0 Å². The molecule has 1 aliphatic heterocycles. The number of aryl methyl sites for hydroxylation is 1. The van der Waals surface area contributed by atoms with E-state index in [-0.39, 0.29) is 17.9 Å². The van der Waals surface area contributed by atoms with Gasteiger partial charge in [0.05, 0.1) is 12.2 Å². The first kappa shape index (κ1) is 19.7. The van der Waals surface area contributed by atoms with E-state index in [2.05, 4.69) is 5.32 Å². The van der Waals surface area contributed by atoms with Gasteiger partial charge in [-0.15, -0.1) is 0 Å². The van der Waals surface area contributed by atoms with Crippen LogP contribution in [-0.4, -0.2) is 29.4 Å². The molecule has 0 fully saturated rings. The zero-order chi connectivity index (χ0) is 20.3. The largest absolute Gasteiger partial charge is 0.494 e. The number of benzene rings is 2. The molecule has 0 saturated heterocycles. The number of ether oxygens (including phenoxy) is 1. The monoisotopic (exact) mass is 378 g/mol. The standard InChI is InChI=1S/C23H26N2O3/c1-5-14-28-18-12-10-17(11-13-18)20-21(23(27)25(15(2)3)22(20)26)24-19-9-7-6-8-16(19)4/h6-13,15,24H,5,14H2,1-4H3. The summed E-state index contributed by atoms with van der Waals surface area (Å²) in [6.07, 6.45) is 0.924. The van der Waals surface area contributed by atoms with Gasteiger partial charge in [0.15, 0.2) is 0 Å². The number of anilines is 1. The van der Waals surface area contributed by atoms with Crippen LogP contribution < -0.4 is 10.1 Å². The fourth-order valence-electron chi connectivity index (χ4n) is 3.19. The molecule has 2 aromatic carbocycles. The van der Waals surface area contributed by atoms with Crippen LogP contribution in [0.5, 0.6) is 5.75 Å². The minimum atomic E-state index is -0.301. The second kappa shape index (κ2) is 8.30. The third-order valence-electron chi connectivity index (χ3n) is 4.65. The van der Waals surface area contributed by atoms with E-state index in [9.17, 15) is 9.59 Å². The van der Waals surface area contributed by atoms with Crippen molar-refractivity contribution in [2.75, 3.05) is 11.9 Å². The van der Waals surface area contributed by atoms with E-state index >= 15 is 0 Å². The Hall–Kier alpha value is -3.08. The number of rotatable bonds is 7. The highest BCUT2D eigenvalue weighted by Crippen LogP contribution is 2.33. The van der Waals surface area contributed by atoms with Gasteiger partial charge < -0.3 is 10.1 Å². The number of nitrogens with zero attached hydrogens (tertiary/aromatic N) is 1. The topological polar surface area (TPSA) is 58.6 Å². The molecular formula is C23H26N2O3. The molecule has 5 heteroatoms. The predicted octanol–water partition coefficient (Wildman–Crippen LogP) is 4.38. The van der Waals surface area contributed by atoms with Gasteiger partial charge in [0.25, 0.3) is 11.8 Å². The second-order valence-electron chi connectivity index (χ2n) is 7.14. The first-order chi connectivity index (χ1) is 13.4. The highest BCUT2D eigenvalue weighted by Gasteiger charge is 2.40. The Morgan fingerprint density at radius 1 is 1.00 bits per heavy atom. The summed E-state index contributed by atoms with van der Waals surface area (Å²) in [6, 6.07) is 14.8. The Morgan fingerprint density at radius 2 is 1.68 bits per heavy atom. The molecule has 5 nitrogen and oxygen atoms in total. The fourth-order valence-corrected chi connectivity index (χ4v) is 3.19. The number of hydrogen-bond acceptors (Lipinski definition) is 4. The van der Waals surface area contributed by atoms with Gasteiger partial charge in [0.1, 0.15) is 11.4 Å². The summed E-state index contributed by atoms with van der Waals surface area (Å²) < 4.78 is 5.62. The van der Waals surface area contributed by atoms with Crippen molar-refractivity contribution in [3.63, 3.8) is 0 Å². The average molecular weight is 378 g/mol. The zero-order valence-corrected chi connectivity index (χ0v) is 16.8. The Labute approximate surface area is 166 Å². The normalized spacial score (nSPS) is 14.2. The molecular weight excluding hydrogens is 352 g/mol. The zero-order valence-electron chi connectivity index (χ0n) is 16.8. The molecule has 0 radical (unpaired) electrons. The van der Waals surface area contributed by atoms with Crippen LogP contribution in [0.2, 0.25) is 0 Å². The average Bonchev–Trinajstić information content (AvgIpc) is 2.92. The minimum Gasteiger partial charge on any atom is -0.494 e. The summed E-state index contributed by atoms with van der Waals surface area (Å²) in [5.41, 5.74) is 3.21. The Kier molecular flexibility index (Phi) is 5.83. The molecule has 28 heavy (non-hydrogen) atoms. The maximum Gasteiger partial charge on any atom is 0.278 e. The summed E-state index contributed by atoms with van der Waals surface area (Å²) >= 11 is 0.